The van der Waals surface area contributed by atoms with Crippen LogP contribution in [-0.2, 0) is 17.8 Å². The van der Waals surface area contributed by atoms with Gasteiger partial charge in [-0.15, -0.1) is 0 Å². The number of ether oxygens (including phenoxy) is 1. The monoisotopic (exact) mass is 360 g/mol. The molecule has 1 aromatic heterocycles. The molecule has 132 valence electrons. The number of hydrogen-bond donors (Lipinski definition) is 0. The lowest BCUT2D eigenvalue weighted by atomic mass is 10.2. The van der Waals surface area contributed by atoms with E-state index >= 15 is 0 Å². The predicted octanol–water partition coefficient (Wildman–Crippen LogP) is 2.58. The largest absolute Gasteiger partial charge is 0.483 e. The van der Waals surface area contributed by atoms with Gasteiger partial charge in [0.25, 0.3) is 5.91 Å². The van der Waals surface area contributed by atoms with Crippen LogP contribution in [0.1, 0.15) is 36.0 Å². The normalized spacial score (nSPS) is 17.1. The Morgan fingerprint density at radius 1 is 1.32 bits per heavy atom. The minimum absolute atomic E-state index is 0.0116. The van der Waals surface area contributed by atoms with Crippen molar-refractivity contribution >= 4 is 17.5 Å². The van der Waals surface area contributed by atoms with Gasteiger partial charge in [-0.3, -0.25) is 4.79 Å². The molecule has 1 saturated carbocycles. The maximum atomic E-state index is 12.5. The highest BCUT2D eigenvalue weighted by molar-refractivity contribution is 6.30. The Kier molecular flexibility index (Phi) is 4.37. The Morgan fingerprint density at radius 2 is 2.16 bits per heavy atom. The zero-order valence-electron chi connectivity index (χ0n) is 14.2. The second-order valence-electron chi connectivity index (χ2n) is 6.71. The average molecular weight is 361 g/mol. The van der Waals surface area contributed by atoms with Gasteiger partial charge in [-0.05, 0) is 43.5 Å². The summed E-state index contributed by atoms with van der Waals surface area (Å²) in [4.78, 5) is 19.0. The summed E-state index contributed by atoms with van der Waals surface area (Å²) in [5, 5.41) is 5.27. The molecule has 0 N–H and O–H groups in total. The van der Waals surface area contributed by atoms with E-state index < -0.39 is 0 Å². The molecule has 25 heavy (non-hydrogen) atoms. The third kappa shape index (κ3) is 3.63. The first kappa shape index (κ1) is 16.4. The van der Waals surface area contributed by atoms with Gasteiger partial charge in [-0.25, -0.2) is 9.67 Å². The SMILES string of the molecule is Cc1cc(Cl)ccc1OCC(=O)N1CCc2nc(C3CC3)nn2CC1. The molecule has 1 aliphatic carbocycles. The summed E-state index contributed by atoms with van der Waals surface area (Å²) in [6.07, 6.45) is 3.15. The number of carbonyl (C=O) groups is 1. The van der Waals surface area contributed by atoms with Crippen molar-refractivity contribution in [2.45, 2.75) is 38.6 Å². The summed E-state index contributed by atoms with van der Waals surface area (Å²) >= 11 is 5.94. The summed E-state index contributed by atoms with van der Waals surface area (Å²) in [5.41, 5.74) is 0.924. The van der Waals surface area contributed by atoms with Crippen molar-refractivity contribution in [3.8, 4) is 5.75 Å². The van der Waals surface area contributed by atoms with Crippen LogP contribution < -0.4 is 4.74 Å². The van der Waals surface area contributed by atoms with E-state index in [1.807, 2.05) is 22.6 Å². The second-order valence-corrected chi connectivity index (χ2v) is 7.15. The molecule has 1 aliphatic heterocycles. The summed E-state index contributed by atoms with van der Waals surface area (Å²) in [6, 6.07) is 5.39. The van der Waals surface area contributed by atoms with Crippen LogP contribution in [0, 0.1) is 6.92 Å². The first-order valence-corrected chi connectivity index (χ1v) is 9.08. The van der Waals surface area contributed by atoms with Gasteiger partial charge in [-0.2, -0.15) is 5.10 Å². The molecule has 7 heteroatoms. The van der Waals surface area contributed by atoms with Crippen molar-refractivity contribution in [3.05, 3.63) is 40.4 Å². The number of benzene rings is 1. The zero-order valence-corrected chi connectivity index (χ0v) is 15.0. The van der Waals surface area contributed by atoms with E-state index in [0.717, 1.165) is 23.6 Å². The molecule has 6 nitrogen and oxygen atoms in total. The Bertz CT molecular complexity index is 775. The minimum atomic E-state index is -0.0116. The first-order chi connectivity index (χ1) is 12.1. The number of halogens is 1. The molecule has 2 aromatic rings. The molecule has 1 aromatic carbocycles. The van der Waals surface area contributed by atoms with Crippen LogP contribution in [0.3, 0.4) is 0 Å². The highest BCUT2D eigenvalue weighted by Gasteiger charge is 2.30. The van der Waals surface area contributed by atoms with Crippen LogP contribution in [0.5, 0.6) is 5.75 Å². The number of aryl methyl sites for hydroxylation is 1. The van der Waals surface area contributed by atoms with Gasteiger partial charge in [-0.1, -0.05) is 11.6 Å². The molecule has 0 spiro atoms. The number of hydrogen-bond acceptors (Lipinski definition) is 4. The molecule has 4 rings (SSSR count). The highest BCUT2D eigenvalue weighted by Crippen LogP contribution is 2.38. The number of carbonyl (C=O) groups excluding carboxylic acids is 1. The second kappa shape index (κ2) is 6.67. The molecule has 1 amide bonds. The van der Waals surface area contributed by atoms with Gasteiger partial charge in [0, 0.05) is 30.5 Å². The van der Waals surface area contributed by atoms with Crippen molar-refractivity contribution in [1.29, 1.82) is 0 Å². The number of rotatable bonds is 4. The summed E-state index contributed by atoms with van der Waals surface area (Å²) < 4.78 is 7.64. The van der Waals surface area contributed by atoms with Crippen LogP contribution in [0.2, 0.25) is 5.02 Å². The molecule has 0 atom stereocenters. The van der Waals surface area contributed by atoms with E-state index in [4.69, 9.17) is 16.3 Å². The zero-order chi connectivity index (χ0) is 17.4. The van der Waals surface area contributed by atoms with Crippen LogP contribution >= 0.6 is 11.6 Å². The van der Waals surface area contributed by atoms with E-state index in [9.17, 15) is 4.79 Å². The van der Waals surface area contributed by atoms with E-state index in [-0.39, 0.29) is 12.5 Å². The van der Waals surface area contributed by atoms with Gasteiger partial charge in [0.05, 0.1) is 6.54 Å². The van der Waals surface area contributed by atoms with Crippen LogP contribution in [0.4, 0.5) is 0 Å². The molecule has 0 saturated heterocycles. The van der Waals surface area contributed by atoms with Crippen LogP contribution in [0.15, 0.2) is 18.2 Å². The highest BCUT2D eigenvalue weighted by atomic mass is 35.5. The van der Waals surface area contributed by atoms with Crippen molar-refractivity contribution in [1.82, 2.24) is 19.7 Å². The first-order valence-electron chi connectivity index (χ1n) is 8.70. The van der Waals surface area contributed by atoms with E-state index in [2.05, 4.69) is 10.1 Å². The number of fused-ring (bicyclic) bond motifs is 1. The Labute approximate surface area is 151 Å². The van der Waals surface area contributed by atoms with Gasteiger partial charge in [0.2, 0.25) is 0 Å². The van der Waals surface area contributed by atoms with E-state index in [0.29, 0.717) is 36.3 Å². The predicted molar refractivity (Wildman–Crippen MR) is 94.0 cm³/mol. The number of amides is 1. The fourth-order valence-electron chi connectivity index (χ4n) is 3.09. The maximum Gasteiger partial charge on any atom is 0.260 e. The molecule has 0 radical (unpaired) electrons. The lowest BCUT2D eigenvalue weighted by Gasteiger charge is -2.20. The van der Waals surface area contributed by atoms with Crippen molar-refractivity contribution < 1.29 is 9.53 Å². The Morgan fingerprint density at radius 3 is 2.92 bits per heavy atom. The fraction of sp³-hybridized carbons (Fsp3) is 0.500. The lowest BCUT2D eigenvalue weighted by molar-refractivity contribution is -0.133. The molecule has 2 heterocycles. The van der Waals surface area contributed by atoms with Crippen LogP contribution in [0.25, 0.3) is 0 Å². The molecule has 2 aliphatic rings. The Balaban J connectivity index is 1.34. The van der Waals surface area contributed by atoms with Gasteiger partial charge >= 0.3 is 0 Å². The maximum absolute atomic E-state index is 12.5. The third-order valence-electron chi connectivity index (χ3n) is 4.74. The van der Waals surface area contributed by atoms with Gasteiger partial charge in [0.1, 0.15) is 11.6 Å². The average Bonchev–Trinajstić information content (AvgIpc) is 3.38. The smallest absolute Gasteiger partial charge is 0.260 e. The minimum Gasteiger partial charge on any atom is -0.483 e. The third-order valence-corrected chi connectivity index (χ3v) is 4.97. The van der Waals surface area contributed by atoms with Gasteiger partial charge < -0.3 is 9.64 Å². The summed E-state index contributed by atoms with van der Waals surface area (Å²) in [5.74, 6) is 3.22. The van der Waals surface area contributed by atoms with E-state index in [1.54, 1.807) is 12.1 Å². The standard InChI is InChI=1S/C18H21ClN4O2/c1-12-10-14(19)4-5-15(12)25-11-17(24)22-7-6-16-20-18(13-2-3-13)21-23(16)9-8-22/h4-5,10,13H,2-3,6-9,11H2,1H3. The van der Waals surface area contributed by atoms with Crippen molar-refractivity contribution in [2.24, 2.45) is 0 Å². The fourth-order valence-corrected chi connectivity index (χ4v) is 3.32. The molecule has 0 bridgehead atoms. The molecular weight excluding hydrogens is 340 g/mol. The lowest BCUT2D eigenvalue weighted by Crippen LogP contribution is -2.37. The summed E-state index contributed by atoms with van der Waals surface area (Å²) in [7, 11) is 0. The topological polar surface area (TPSA) is 60.2 Å². The molecular formula is C18H21ClN4O2. The van der Waals surface area contributed by atoms with Crippen molar-refractivity contribution in [3.63, 3.8) is 0 Å². The molecule has 1 fully saturated rings. The van der Waals surface area contributed by atoms with E-state index in [1.165, 1.54) is 12.8 Å². The van der Waals surface area contributed by atoms with Crippen LogP contribution in [-0.4, -0.2) is 45.3 Å². The summed E-state index contributed by atoms with van der Waals surface area (Å²) in [6.45, 7) is 3.94. The number of aromatic nitrogens is 3. The number of nitrogens with zero attached hydrogens (tertiary/aromatic N) is 4. The van der Waals surface area contributed by atoms with Gasteiger partial charge in [0.15, 0.2) is 12.4 Å². The quantitative estimate of drug-likeness (QED) is 0.840. The molecule has 0 unspecified atom stereocenters. The Hall–Kier alpha value is -2.08. The van der Waals surface area contributed by atoms with Crippen molar-refractivity contribution in [2.75, 3.05) is 19.7 Å².